The normalized spacial score (nSPS) is 21.8. The molecule has 1 aromatic rings. The molecule has 3 rings (SSSR count). The SMILES string of the molecule is CCOC(=O)c1cccc(NC(=O)N2CC[C@@H](CC(=O)N3CCC(O)CC3)[C@H](CC)C2)c1. The molecule has 3 amide bonds. The molecule has 0 aliphatic carbocycles. The highest BCUT2D eigenvalue weighted by molar-refractivity contribution is 5.94. The van der Waals surface area contributed by atoms with Gasteiger partial charge in [0.2, 0.25) is 5.91 Å². The highest BCUT2D eigenvalue weighted by Crippen LogP contribution is 2.30. The largest absolute Gasteiger partial charge is 0.462 e. The Morgan fingerprint density at radius 2 is 1.78 bits per heavy atom. The average Bonchev–Trinajstić information content (AvgIpc) is 2.80. The van der Waals surface area contributed by atoms with E-state index in [1.54, 1.807) is 36.1 Å². The maximum atomic E-state index is 12.8. The molecule has 1 aromatic carbocycles. The zero-order valence-corrected chi connectivity index (χ0v) is 19.1. The summed E-state index contributed by atoms with van der Waals surface area (Å²) in [7, 11) is 0. The van der Waals surface area contributed by atoms with Crippen molar-refractivity contribution < 1.29 is 24.2 Å². The van der Waals surface area contributed by atoms with Gasteiger partial charge in [-0.15, -0.1) is 0 Å². The summed E-state index contributed by atoms with van der Waals surface area (Å²) in [4.78, 5) is 41.2. The van der Waals surface area contributed by atoms with Crippen LogP contribution in [0.5, 0.6) is 0 Å². The van der Waals surface area contributed by atoms with Crippen molar-refractivity contribution in [2.75, 3.05) is 38.1 Å². The van der Waals surface area contributed by atoms with Crippen molar-refractivity contribution in [2.24, 2.45) is 11.8 Å². The van der Waals surface area contributed by atoms with Crippen LogP contribution in [-0.4, -0.2) is 71.7 Å². The lowest BCUT2D eigenvalue weighted by Gasteiger charge is -2.39. The highest BCUT2D eigenvalue weighted by atomic mass is 16.5. The summed E-state index contributed by atoms with van der Waals surface area (Å²) in [6, 6.07) is 6.55. The summed E-state index contributed by atoms with van der Waals surface area (Å²) < 4.78 is 5.02. The van der Waals surface area contributed by atoms with Crippen molar-refractivity contribution in [2.45, 2.75) is 52.1 Å². The molecule has 0 bridgehead atoms. The molecule has 32 heavy (non-hydrogen) atoms. The van der Waals surface area contributed by atoms with Crippen LogP contribution in [0.15, 0.2) is 24.3 Å². The Balaban J connectivity index is 1.54. The van der Waals surface area contributed by atoms with Crippen LogP contribution in [0.1, 0.15) is 56.3 Å². The van der Waals surface area contributed by atoms with Gasteiger partial charge in [0.25, 0.3) is 0 Å². The quantitative estimate of drug-likeness (QED) is 0.656. The van der Waals surface area contributed by atoms with Gasteiger partial charge in [-0.1, -0.05) is 19.4 Å². The summed E-state index contributed by atoms with van der Waals surface area (Å²) >= 11 is 0. The van der Waals surface area contributed by atoms with E-state index in [1.807, 2.05) is 4.90 Å². The molecule has 176 valence electrons. The Bertz CT molecular complexity index is 807. The van der Waals surface area contributed by atoms with Gasteiger partial charge in [0.05, 0.1) is 18.3 Å². The van der Waals surface area contributed by atoms with Gasteiger partial charge in [-0.2, -0.15) is 0 Å². The Morgan fingerprint density at radius 1 is 1.06 bits per heavy atom. The van der Waals surface area contributed by atoms with Gasteiger partial charge in [-0.05, 0) is 56.2 Å². The van der Waals surface area contributed by atoms with Gasteiger partial charge >= 0.3 is 12.0 Å². The number of piperidine rings is 2. The molecule has 2 heterocycles. The van der Waals surface area contributed by atoms with Crippen LogP contribution >= 0.6 is 0 Å². The highest BCUT2D eigenvalue weighted by Gasteiger charge is 2.33. The van der Waals surface area contributed by atoms with Gasteiger partial charge in [0.15, 0.2) is 0 Å². The first-order valence-corrected chi connectivity index (χ1v) is 11.7. The number of nitrogens with zero attached hydrogens (tertiary/aromatic N) is 2. The lowest BCUT2D eigenvalue weighted by atomic mass is 9.81. The van der Waals surface area contributed by atoms with Gasteiger partial charge < -0.3 is 25.0 Å². The van der Waals surface area contributed by atoms with Crippen molar-refractivity contribution in [3.63, 3.8) is 0 Å². The van der Waals surface area contributed by atoms with E-state index < -0.39 is 5.97 Å². The number of benzene rings is 1. The smallest absolute Gasteiger partial charge is 0.338 e. The maximum Gasteiger partial charge on any atom is 0.338 e. The Hall–Kier alpha value is -2.61. The topological polar surface area (TPSA) is 99.2 Å². The molecule has 2 aliphatic heterocycles. The number of carbonyl (C=O) groups excluding carboxylic acids is 3. The standard InChI is InChI=1S/C24H35N3O5/c1-3-17-16-27(11-8-18(17)15-22(29)26-12-9-21(28)10-13-26)24(31)25-20-7-5-6-19(14-20)23(30)32-4-2/h5-7,14,17-18,21,28H,3-4,8-13,15-16H2,1-2H3,(H,25,31)/t17-,18+/m1/s1. The minimum Gasteiger partial charge on any atom is -0.462 e. The monoisotopic (exact) mass is 445 g/mol. The number of likely N-dealkylation sites (tertiary alicyclic amines) is 2. The van der Waals surface area contributed by atoms with Crippen molar-refractivity contribution >= 4 is 23.6 Å². The molecular formula is C24H35N3O5. The van der Waals surface area contributed by atoms with Crippen molar-refractivity contribution in [3.05, 3.63) is 29.8 Å². The Labute approximate surface area is 189 Å². The van der Waals surface area contributed by atoms with Crippen LogP contribution in [-0.2, 0) is 9.53 Å². The second-order valence-corrected chi connectivity index (χ2v) is 8.71. The molecule has 0 aromatic heterocycles. The van der Waals surface area contributed by atoms with E-state index in [2.05, 4.69) is 12.2 Å². The number of aliphatic hydroxyl groups excluding tert-OH is 1. The number of ether oxygens (including phenoxy) is 1. The second kappa shape index (κ2) is 11.3. The lowest BCUT2D eigenvalue weighted by molar-refractivity contribution is -0.135. The van der Waals surface area contributed by atoms with Gasteiger partial charge in [-0.25, -0.2) is 9.59 Å². The summed E-state index contributed by atoms with van der Waals surface area (Å²) in [5.74, 6) is 0.271. The number of rotatable bonds is 6. The number of carbonyl (C=O) groups is 3. The first kappa shape index (κ1) is 24.0. The van der Waals surface area contributed by atoms with E-state index in [1.165, 1.54) is 0 Å². The van der Waals surface area contributed by atoms with E-state index in [0.717, 1.165) is 12.8 Å². The van der Waals surface area contributed by atoms with E-state index in [0.29, 0.717) is 63.3 Å². The second-order valence-electron chi connectivity index (χ2n) is 8.71. The fourth-order valence-electron chi connectivity index (χ4n) is 4.61. The summed E-state index contributed by atoms with van der Waals surface area (Å²) in [5.41, 5.74) is 0.955. The molecule has 2 atom stereocenters. The zero-order valence-electron chi connectivity index (χ0n) is 19.1. The molecule has 8 heteroatoms. The number of urea groups is 1. The van der Waals surface area contributed by atoms with Gasteiger partial charge in [0, 0.05) is 38.3 Å². The third-order valence-corrected chi connectivity index (χ3v) is 6.58. The number of esters is 1. The van der Waals surface area contributed by atoms with E-state index in [-0.39, 0.29) is 29.9 Å². The van der Waals surface area contributed by atoms with E-state index >= 15 is 0 Å². The molecule has 0 radical (unpaired) electrons. The molecule has 2 aliphatic rings. The molecule has 2 saturated heterocycles. The number of aliphatic hydroxyl groups is 1. The summed E-state index contributed by atoms with van der Waals surface area (Å²) in [6.45, 7) is 6.61. The third-order valence-electron chi connectivity index (χ3n) is 6.58. The van der Waals surface area contributed by atoms with Crippen LogP contribution in [0.25, 0.3) is 0 Å². The minimum absolute atomic E-state index is 0.161. The fourth-order valence-corrected chi connectivity index (χ4v) is 4.61. The lowest BCUT2D eigenvalue weighted by Crippen LogP contribution is -2.47. The predicted molar refractivity (Wildman–Crippen MR) is 121 cm³/mol. The molecule has 8 nitrogen and oxygen atoms in total. The minimum atomic E-state index is -0.414. The number of hydrogen-bond acceptors (Lipinski definition) is 5. The van der Waals surface area contributed by atoms with Crippen LogP contribution in [0, 0.1) is 11.8 Å². The van der Waals surface area contributed by atoms with E-state index in [4.69, 9.17) is 4.74 Å². The Kier molecular flexibility index (Phi) is 8.50. The summed E-state index contributed by atoms with van der Waals surface area (Å²) in [6.07, 6.45) is 3.21. The first-order valence-electron chi connectivity index (χ1n) is 11.7. The van der Waals surface area contributed by atoms with Crippen LogP contribution in [0.2, 0.25) is 0 Å². The third kappa shape index (κ3) is 6.22. The number of amides is 3. The number of nitrogens with one attached hydrogen (secondary N) is 1. The molecule has 2 fully saturated rings. The van der Waals surface area contributed by atoms with Crippen molar-refractivity contribution in [1.29, 1.82) is 0 Å². The fraction of sp³-hybridized carbons (Fsp3) is 0.625. The molecular weight excluding hydrogens is 410 g/mol. The van der Waals surface area contributed by atoms with Gasteiger partial charge in [0.1, 0.15) is 0 Å². The number of anilines is 1. The molecule has 0 spiro atoms. The van der Waals surface area contributed by atoms with Crippen molar-refractivity contribution in [3.8, 4) is 0 Å². The first-order chi connectivity index (χ1) is 15.4. The summed E-state index contributed by atoms with van der Waals surface area (Å²) in [5, 5.41) is 12.5. The predicted octanol–water partition coefficient (Wildman–Crippen LogP) is 3.12. The van der Waals surface area contributed by atoms with Crippen molar-refractivity contribution in [1.82, 2.24) is 9.80 Å². The van der Waals surface area contributed by atoms with Crippen LogP contribution < -0.4 is 5.32 Å². The molecule has 0 saturated carbocycles. The van der Waals surface area contributed by atoms with E-state index in [9.17, 15) is 19.5 Å². The Morgan fingerprint density at radius 3 is 2.47 bits per heavy atom. The molecule has 0 unspecified atom stereocenters. The molecule has 2 N–H and O–H groups in total. The van der Waals surface area contributed by atoms with Crippen LogP contribution in [0.4, 0.5) is 10.5 Å². The maximum absolute atomic E-state index is 12.8. The average molecular weight is 446 g/mol. The van der Waals surface area contributed by atoms with Gasteiger partial charge in [-0.3, -0.25) is 4.79 Å². The number of hydrogen-bond donors (Lipinski definition) is 2. The zero-order chi connectivity index (χ0) is 23.1. The van der Waals surface area contributed by atoms with Crippen LogP contribution in [0.3, 0.4) is 0 Å².